The fourth-order valence-electron chi connectivity index (χ4n) is 2.02. The van der Waals surface area contributed by atoms with Gasteiger partial charge in [0.2, 0.25) is 5.95 Å². The molecule has 0 aliphatic carbocycles. The zero-order valence-electron chi connectivity index (χ0n) is 11.0. The Labute approximate surface area is 114 Å². The van der Waals surface area contributed by atoms with E-state index >= 15 is 0 Å². The summed E-state index contributed by atoms with van der Waals surface area (Å²) in [7, 11) is 0. The maximum atomic E-state index is 13.8. The van der Waals surface area contributed by atoms with Crippen molar-refractivity contribution in [1.82, 2.24) is 9.55 Å². The minimum Gasteiger partial charge on any atom is -0.466 e. The normalized spacial score (nSPS) is 10.9. The Kier molecular flexibility index (Phi) is 4.16. The van der Waals surface area contributed by atoms with E-state index in [0.29, 0.717) is 13.0 Å². The molecule has 0 saturated carbocycles. The maximum absolute atomic E-state index is 13.8. The number of carbonyl (C=O) groups is 1. The van der Waals surface area contributed by atoms with Crippen LogP contribution in [-0.4, -0.2) is 22.1 Å². The summed E-state index contributed by atoms with van der Waals surface area (Å²) in [4.78, 5) is 15.2. The first-order chi connectivity index (χ1) is 9.54. The molecule has 2 aromatic rings. The van der Waals surface area contributed by atoms with Crippen molar-refractivity contribution in [2.24, 2.45) is 0 Å². The number of aromatic nitrogens is 2. The maximum Gasteiger partial charge on any atom is 0.305 e. The van der Waals surface area contributed by atoms with E-state index in [4.69, 9.17) is 10.5 Å². The predicted octanol–water partition coefficient (Wildman–Crippen LogP) is 2.24. The van der Waals surface area contributed by atoms with Crippen LogP contribution in [0.1, 0.15) is 19.8 Å². The molecule has 0 amide bonds. The van der Waals surface area contributed by atoms with Crippen LogP contribution >= 0.6 is 0 Å². The van der Waals surface area contributed by atoms with E-state index in [2.05, 4.69) is 4.98 Å². The van der Waals surface area contributed by atoms with E-state index in [1.165, 1.54) is 10.6 Å². The molecule has 1 aromatic heterocycles. The van der Waals surface area contributed by atoms with Gasteiger partial charge in [0.05, 0.1) is 12.1 Å². The van der Waals surface area contributed by atoms with Gasteiger partial charge in [-0.05, 0) is 25.5 Å². The SMILES string of the molecule is CCOC(=O)CCCn1c(N)nc2ccc(F)c(F)c21. The minimum absolute atomic E-state index is 0.0198. The number of anilines is 1. The Morgan fingerprint density at radius 1 is 1.45 bits per heavy atom. The number of carbonyl (C=O) groups excluding carboxylic acids is 1. The van der Waals surface area contributed by atoms with Crippen LogP contribution < -0.4 is 5.73 Å². The van der Waals surface area contributed by atoms with Gasteiger partial charge in [0.1, 0.15) is 5.52 Å². The Balaban J connectivity index is 2.19. The number of ether oxygens (including phenoxy) is 1. The van der Waals surface area contributed by atoms with E-state index in [9.17, 15) is 13.6 Å². The highest BCUT2D eigenvalue weighted by molar-refractivity contribution is 5.79. The fourth-order valence-corrected chi connectivity index (χ4v) is 2.02. The zero-order chi connectivity index (χ0) is 14.7. The Bertz CT molecular complexity index is 640. The molecule has 2 rings (SSSR count). The van der Waals surface area contributed by atoms with Crippen molar-refractivity contribution in [3.63, 3.8) is 0 Å². The molecule has 0 aliphatic rings. The summed E-state index contributed by atoms with van der Waals surface area (Å²) in [6.45, 7) is 2.30. The lowest BCUT2D eigenvalue weighted by Crippen LogP contribution is -2.08. The fraction of sp³-hybridized carbons (Fsp3) is 0.385. The van der Waals surface area contributed by atoms with Crippen molar-refractivity contribution in [3.8, 4) is 0 Å². The first-order valence-corrected chi connectivity index (χ1v) is 6.30. The number of benzene rings is 1. The Morgan fingerprint density at radius 3 is 2.90 bits per heavy atom. The topological polar surface area (TPSA) is 70.1 Å². The largest absolute Gasteiger partial charge is 0.466 e. The van der Waals surface area contributed by atoms with E-state index in [-0.39, 0.29) is 35.9 Å². The van der Waals surface area contributed by atoms with Gasteiger partial charge in [0.15, 0.2) is 11.6 Å². The first kappa shape index (κ1) is 14.2. The second kappa shape index (κ2) is 5.85. The molecule has 0 bridgehead atoms. The molecular formula is C13H15F2N3O2. The van der Waals surface area contributed by atoms with Crippen molar-refractivity contribution in [1.29, 1.82) is 0 Å². The van der Waals surface area contributed by atoms with Gasteiger partial charge in [-0.3, -0.25) is 4.79 Å². The van der Waals surface area contributed by atoms with Crippen LogP contribution in [0.2, 0.25) is 0 Å². The van der Waals surface area contributed by atoms with Gasteiger partial charge in [0.25, 0.3) is 0 Å². The lowest BCUT2D eigenvalue weighted by Gasteiger charge is -2.07. The molecule has 0 atom stereocenters. The number of nitrogens with zero attached hydrogens (tertiary/aromatic N) is 2. The van der Waals surface area contributed by atoms with Crippen molar-refractivity contribution in [3.05, 3.63) is 23.8 Å². The second-order valence-electron chi connectivity index (χ2n) is 4.26. The third-order valence-corrected chi connectivity index (χ3v) is 2.90. The molecule has 7 heteroatoms. The quantitative estimate of drug-likeness (QED) is 0.854. The third-order valence-electron chi connectivity index (χ3n) is 2.90. The van der Waals surface area contributed by atoms with Gasteiger partial charge in [0, 0.05) is 13.0 Å². The highest BCUT2D eigenvalue weighted by atomic mass is 19.2. The predicted molar refractivity (Wildman–Crippen MR) is 69.9 cm³/mol. The van der Waals surface area contributed by atoms with Gasteiger partial charge >= 0.3 is 5.97 Å². The number of imidazole rings is 1. The van der Waals surface area contributed by atoms with Crippen LogP contribution in [0.3, 0.4) is 0 Å². The minimum atomic E-state index is -0.983. The highest BCUT2D eigenvalue weighted by Crippen LogP contribution is 2.23. The van der Waals surface area contributed by atoms with Crippen LogP contribution in [0.15, 0.2) is 12.1 Å². The number of esters is 1. The molecule has 0 fully saturated rings. The number of hydrogen-bond acceptors (Lipinski definition) is 4. The van der Waals surface area contributed by atoms with Crippen LogP contribution in [0, 0.1) is 11.6 Å². The molecule has 5 nitrogen and oxygen atoms in total. The van der Waals surface area contributed by atoms with E-state index in [0.717, 1.165) is 6.07 Å². The average molecular weight is 283 g/mol. The molecule has 0 radical (unpaired) electrons. The summed E-state index contributed by atoms with van der Waals surface area (Å²) in [5.74, 6) is -2.18. The van der Waals surface area contributed by atoms with Crippen LogP contribution in [0.4, 0.5) is 14.7 Å². The summed E-state index contributed by atoms with van der Waals surface area (Å²) >= 11 is 0. The number of aryl methyl sites for hydroxylation is 1. The van der Waals surface area contributed by atoms with Crippen molar-refractivity contribution in [2.75, 3.05) is 12.3 Å². The second-order valence-corrected chi connectivity index (χ2v) is 4.26. The number of nitrogens with two attached hydrogens (primary N) is 1. The van der Waals surface area contributed by atoms with Gasteiger partial charge < -0.3 is 15.0 Å². The molecule has 0 saturated heterocycles. The highest BCUT2D eigenvalue weighted by Gasteiger charge is 2.16. The van der Waals surface area contributed by atoms with Crippen molar-refractivity contribution >= 4 is 23.0 Å². The summed E-state index contributed by atoms with van der Waals surface area (Å²) in [6, 6.07) is 2.37. The number of rotatable bonds is 5. The summed E-state index contributed by atoms with van der Waals surface area (Å²) in [6.07, 6.45) is 0.592. The summed E-state index contributed by atoms with van der Waals surface area (Å²) in [5, 5.41) is 0. The van der Waals surface area contributed by atoms with E-state index in [1.807, 2.05) is 0 Å². The number of nitrogen functional groups attached to an aromatic ring is 1. The van der Waals surface area contributed by atoms with Gasteiger partial charge in [-0.2, -0.15) is 0 Å². The smallest absolute Gasteiger partial charge is 0.305 e. The first-order valence-electron chi connectivity index (χ1n) is 6.30. The average Bonchev–Trinajstić information content (AvgIpc) is 2.72. The lowest BCUT2D eigenvalue weighted by atomic mass is 10.2. The lowest BCUT2D eigenvalue weighted by molar-refractivity contribution is -0.143. The summed E-state index contributed by atoms with van der Waals surface area (Å²) < 4.78 is 33.2. The number of hydrogen-bond donors (Lipinski definition) is 1. The Morgan fingerprint density at radius 2 is 2.20 bits per heavy atom. The van der Waals surface area contributed by atoms with Gasteiger partial charge in [-0.15, -0.1) is 0 Å². The Hall–Kier alpha value is -2.18. The molecule has 108 valence electrons. The monoisotopic (exact) mass is 283 g/mol. The van der Waals surface area contributed by atoms with Crippen molar-refractivity contribution < 1.29 is 18.3 Å². The number of halogens is 2. The van der Waals surface area contributed by atoms with Crippen molar-refractivity contribution in [2.45, 2.75) is 26.3 Å². The molecule has 0 spiro atoms. The van der Waals surface area contributed by atoms with E-state index in [1.54, 1.807) is 6.92 Å². The molecule has 20 heavy (non-hydrogen) atoms. The zero-order valence-corrected chi connectivity index (χ0v) is 11.0. The van der Waals surface area contributed by atoms with Crippen LogP contribution in [0.5, 0.6) is 0 Å². The third kappa shape index (κ3) is 2.71. The molecule has 1 heterocycles. The molecule has 0 unspecified atom stereocenters. The number of fused-ring (bicyclic) bond motifs is 1. The van der Waals surface area contributed by atoms with Gasteiger partial charge in [-0.1, -0.05) is 0 Å². The van der Waals surface area contributed by atoms with Crippen LogP contribution in [-0.2, 0) is 16.1 Å². The molecule has 2 N–H and O–H groups in total. The molecule has 1 aromatic carbocycles. The summed E-state index contributed by atoms with van der Waals surface area (Å²) in [5.41, 5.74) is 6.00. The van der Waals surface area contributed by atoms with Crippen LogP contribution in [0.25, 0.3) is 11.0 Å². The molecule has 0 aliphatic heterocycles. The molecular weight excluding hydrogens is 268 g/mol. The van der Waals surface area contributed by atoms with E-state index < -0.39 is 11.6 Å². The standard InChI is InChI=1S/C13H15F2N3O2/c1-2-20-10(19)4-3-7-18-12-9(17-13(18)16)6-5-8(14)11(12)15/h5-6H,2-4,7H2,1H3,(H2,16,17). The van der Waals surface area contributed by atoms with Gasteiger partial charge in [-0.25, -0.2) is 13.8 Å².